The molecule has 0 aliphatic carbocycles. The van der Waals surface area contributed by atoms with Crippen LogP contribution in [0.4, 0.5) is 0 Å². The van der Waals surface area contributed by atoms with Crippen molar-refractivity contribution in [3.05, 3.63) is 11.6 Å². The maximum absolute atomic E-state index is 3.61. The fraction of sp³-hybridized carbons (Fsp3) is 0.500. The summed E-state index contributed by atoms with van der Waals surface area (Å²) in [6.45, 7) is 9.57. The molecule has 0 aromatic heterocycles. The Balaban J connectivity index is 3.91. The molecular formula is C8H14N2. The first-order valence-corrected chi connectivity index (χ1v) is 3.34. The van der Waals surface area contributed by atoms with Gasteiger partial charge in [-0.05, 0) is 18.9 Å². The Morgan fingerprint density at radius 1 is 1.50 bits per heavy atom. The minimum absolute atomic E-state index is 0.580. The molecule has 0 N–H and O–H groups in total. The Kier molecular flexibility index (Phi) is 4.46. The number of nitrogens with zero attached hydrogens (tertiary/aromatic N) is 2. The van der Waals surface area contributed by atoms with E-state index in [2.05, 4.69) is 37.7 Å². The predicted octanol–water partition coefficient (Wildman–Crippen LogP) is 2.28. The number of hydrogen-bond donors (Lipinski definition) is 0. The first kappa shape index (κ1) is 9.08. The molecule has 0 saturated heterocycles. The third kappa shape index (κ3) is 4.01. The van der Waals surface area contributed by atoms with Gasteiger partial charge in [0.15, 0.2) is 0 Å². The zero-order chi connectivity index (χ0) is 7.98. The zero-order valence-electron chi connectivity index (χ0n) is 6.83. The Labute approximate surface area is 62.4 Å². The lowest BCUT2D eigenvalue weighted by molar-refractivity contribution is 0.771. The summed E-state index contributed by atoms with van der Waals surface area (Å²) < 4.78 is 0. The molecule has 0 atom stereocenters. The molecule has 0 saturated carbocycles. The first-order chi connectivity index (χ1) is 4.68. The van der Waals surface area contributed by atoms with E-state index in [1.165, 1.54) is 5.57 Å². The van der Waals surface area contributed by atoms with Crippen molar-refractivity contribution in [1.82, 2.24) is 0 Å². The van der Waals surface area contributed by atoms with Gasteiger partial charge in [-0.3, -0.25) is 0 Å². The van der Waals surface area contributed by atoms with Crippen molar-refractivity contribution in [2.45, 2.75) is 20.8 Å². The van der Waals surface area contributed by atoms with Crippen LogP contribution in [0.25, 0.3) is 0 Å². The topological polar surface area (TPSA) is 24.7 Å². The maximum atomic E-state index is 3.61. The van der Waals surface area contributed by atoms with Gasteiger partial charge in [0.1, 0.15) is 0 Å². The van der Waals surface area contributed by atoms with Gasteiger partial charge in [0.25, 0.3) is 0 Å². The van der Waals surface area contributed by atoms with Gasteiger partial charge >= 0.3 is 0 Å². The molecule has 0 amide bonds. The lowest BCUT2D eigenvalue weighted by atomic mass is 10.1. The highest BCUT2D eigenvalue weighted by Crippen LogP contribution is 2.05. The van der Waals surface area contributed by atoms with Crippen LogP contribution in [0.15, 0.2) is 21.9 Å². The van der Waals surface area contributed by atoms with Crippen molar-refractivity contribution in [2.75, 3.05) is 0 Å². The molecular weight excluding hydrogens is 124 g/mol. The van der Waals surface area contributed by atoms with Crippen molar-refractivity contribution in [3.63, 3.8) is 0 Å². The molecule has 0 aromatic rings. The van der Waals surface area contributed by atoms with Gasteiger partial charge in [0.2, 0.25) is 0 Å². The SMILES string of the molecule is C=N/N=C\C=C(/C)C(C)C. The summed E-state index contributed by atoms with van der Waals surface area (Å²) in [5.74, 6) is 0.580. The molecule has 0 heterocycles. The lowest BCUT2D eigenvalue weighted by Crippen LogP contribution is -1.87. The highest BCUT2D eigenvalue weighted by Gasteiger charge is 1.91. The molecule has 0 spiro atoms. The predicted molar refractivity (Wildman–Crippen MR) is 46.6 cm³/mol. The van der Waals surface area contributed by atoms with Gasteiger partial charge in [-0.25, -0.2) is 0 Å². The van der Waals surface area contributed by atoms with Crippen molar-refractivity contribution >= 4 is 12.9 Å². The summed E-state index contributed by atoms with van der Waals surface area (Å²) in [7, 11) is 0. The van der Waals surface area contributed by atoms with E-state index in [1.54, 1.807) is 6.21 Å². The van der Waals surface area contributed by atoms with Crippen LogP contribution in [0.5, 0.6) is 0 Å². The van der Waals surface area contributed by atoms with Crippen LogP contribution in [-0.2, 0) is 0 Å². The van der Waals surface area contributed by atoms with E-state index in [-0.39, 0.29) is 0 Å². The van der Waals surface area contributed by atoms with Gasteiger partial charge in [0.05, 0.1) is 0 Å². The largest absolute Gasteiger partial charge is 0.167 e. The Hall–Kier alpha value is -0.920. The molecule has 10 heavy (non-hydrogen) atoms. The van der Waals surface area contributed by atoms with Crippen molar-refractivity contribution in [3.8, 4) is 0 Å². The Bertz CT molecular complexity index is 155. The van der Waals surface area contributed by atoms with Gasteiger partial charge in [-0.15, -0.1) is 0 Å². The van der Waals surface area contributed by atoms with Gasteiger partial charge in [0, 0.05) is 12.9 Å². The van der Waals surface area contributed by atoms with Gasteiger partial charge in [-0.1, -0.05) is 19.4 Å². The number of allylic oxidation sites excluding steroid dienone is 2. The molecule has 0 rings (SSSR count). The quantitative estimate of drug-likeness (QED) is 0.422. The first-order valence-electron chi connectivity index (χ1n) is 3.34. The fourth-order valence-electron chi connectivity index (χ4n) is 0.390. The molecule has 0 aliphatic heterocycles. The number of rotatable bonds is 3. The highest BCUT2D eigenvalue weighted by atomic mass is 15.2. The summed E-state index contributed by atoms with van der Waals surface area (Å²) in [5, 5.41) is 6.95. The van der Waals surface area contributed by atoms with Gasteiger partial charge < -0.3 is 0 Å². The van der Waals surface area contributed by atoms with E-state index in [1.807, 2.05) is 6.08 Å². The third-order valence-electron chi connectivity index (χ3n) is 1.40. The van der Waals surface area contributed by atoms with Crippen LogP contribution in [-0.4, -0.2) is 12.9 Å². The normalized spacial score (nSPS) is 13.0. The van der Waals surface area contributed by atoms with Crippen molar-refractivity contribution in [1.29, 1.82) is 0 Å². The van der Waals surface area contributed by atoms with Crippen molar-refractivity contribution < 1.29 is 0 Å². The molecule has 0 fully saturated rings. The lowest BCUT2D eigenvalue weighted by Gasteiger charge is -2.00. The second-order valence-corrected chi connectivity index (χ2v) is 2.47. The van der Waals surface area contributed by atoms with E-state index in [0.29, 0.717) is 5.92 Å². The Morgan fingerprint density at radius 3 is 2.50 bits per heavy atom. The average Bonchev–Trinajstić information content (AvgIpc) is 1.88. The summed E-state index contributed by atoms with van der Waals surface area (Å²) in [4.78, 5) is 0. The molecule has 56 valence electrons. The zero-order valence-corrected chi connectivity index (χ0v) is 6.83. The monoisotopic (exact) mass is 138 g/mol. The summed E-state index contributed by atoms with van der Waals surface area (Å²) in [6.07, 6.45) is 3.60. The molecule has 0 aromatic carbocycles. The second-order valence-electron chi connectivity index (χ2n) is 2.47. The molecule has 2 nitrogen and oxygen atoms in total. The van der Waals surface area contributed by atoms with Crippen LogP contribution in [0, 0.1) is 5.92 Å². The fourth-order valence-corrected chi connectivity index (χ4v) is 0.390. The van der Waals surface area contributed by atoms with Crippen LogP contribution in [0.3, 0.4) is 0 Å². The highest BCUT2D eigenvalue weighted by molar-refractivity contribution is 5.72. The smallest absolute Gasteiger partial charge is 0.0494 e. The van der Waals surface area contributed by atoms with Gasteiger partial charge in [-0.2, -0.15) is 10.2 Å². The van der Waals surface area contributed by atoms with E-state index in [9.17, 15) is 0 Å². The van der Waals surface area contributed by atoms with Crippen molar-refractivity contribution in [2.24, 2.45) is 16.1 Å². The standard InChI is InChI=1S/C8H14N2/c1-7(2)8(3)5-6-10-9-4/h5-7H,4H2,1-3H3/b8-5+,10-6-. The summed E-state index contributed by atoms with van der Waals surface area (Å²) in [5.41, 5.74) is 1.30. The minimum Gasteiger partial charge on any atom is -0.167 e. The van der Waals surface area contributed by atoms with E-state index < -0.39 is 0 Å². The summed E-state index contributed by atoms with van der Waals surface area (Å²) in [6, 6.07) is 0. The van der Waals surface area contributed by atoms with E-state index in [0.717, 1.165) is 0 Å². The third-order valence-corrected chi connectivity index (χ3v) is 1.40. The second kappa shape index (κ2) is 4.91. The van der Waals surface area contributed by atoms with Crippen LogP contribution in [0.2, 0.25) is 0 Å². The maximum Gasteiger partial charge on any atom is 0.0494 e. The van der Waals surface area contributed by atoms with E-state index >= 15 is 0 Å². The van der Waals surface area contributed by atoms with Crippen LogP contribution >= 0.6 is 0 Å². The van der Waals surface area contributed by atoms with E-state index in [4.69, 9.17) is 0 Å². The number of hydrogen-bond acceptors (Lipinski definition) is 2. The minimum atomic E-state index is 0.580. The van der Waals surface area contributed by atoms with Crippen LogP contribution < -0.4 is 0 Å². The molecule has 0 unspecified atom stereocenters. The molecule has 2 heteroatoms. The molecule has 0 bridgehead atoms. The molecule has 0 radical (unpaired) electrons. The van der Waals surface area contributed by atoms with Crippen LogP contribution in [0.1, 0.15) is 20.8 Å². The Morgan fingerprint density at radius 2 is 2.10 bits per heavy atom. The molecule has 0 aliphatic rings. The average molecular weight is 138 g/mol. The summed E-state index contributed by atoms with van der Waals surface area (Å²) >= 11 is 0.